The Bertz CT molecular complexity index is 911. The molecule has 1 aromatic carbocycles. The van der Waals surface area contributed by atoms with E-state index in [1.165, 1.54) is 0 Å². The second-order valence-corrected chi connectivity index (χ2v) is 6.78. The third-order valence-electron chi connectivity index (χ3n) is 3.86. The summed E-state index contributed by atoms with van der Waals surface area (Å²) in [5.74, 6) is 1.65. The van der Waals surface area contributed by atoms with E-state index >= 15 is 0 Å². The van der Waals surface area contributed by atoms with Crippen LogP contribution >= 0.6 is 22.9 Å². The molecule has 0 atom stereocenters. The highest BCUT2D eigenvalue weighted by Crippen LogP contribution is 2.39. The van der Waals surface area contributed by atoms with Crippen LogP contribution in [0.3, 0.4) is 0 Å². The van der Waals surface area contributed by atoms with Crippen molar-refractivity contribution in [2.24, 2.45) is 0 Å². The van der Waals surface area contributed by atoms with Gasteiger partial charge in [-0.3, -0.25) is 0 Å². The van der Waals surface area contributed by atoms with Crippen LogP contribution in [0, 0.1) is 0 Å². The Balaban J connectivity index is 2.14. The lowest BCUT2D eigenvalue weighted by atomic mass is 10.1. The largest absolute Gasteiger partial charge is 0.494 e. The van der Waals surface area contributed by atoms with Crippen molar-refractivity contribution in [2.45, 2.75) is 6.92 Å². The zero-order valence-electron chi connectivity index (χ0n) is 14.6. The van der Waals surface area contributed by atoms with Crippen LogP contribution in [0.25, 0.3) is 21.3 Å². The topological polar surface area (TPSA) is 38.2 Å². The predicted molar refractivity (Wildman–Crippen MR) is 112 cm³/mol. The maximum Gasteiger partial charge on any atom is 0.225 e. The Morgan fingerprint density at radius 2 is 1.85 bits per heavy atom. The number of fused-ring (bicyclic) bond motifs is 1. The van der Waals surface area contributed by atoms with Gasteiger partial charge in [-0.25, -0.2) is 4.98 Å². The molecule has 0 aliphatic heterocycles. The van der Waals surface area contributed by atoms with Crippen molar-refractivity contribution in [1.29, 1.82) is 0 Å². The third-order valence-corrected chi connectivity index (χ3v) is 4.90. The van der Waals surface area contributed by atoms with E-state index in [2.05, 4.69) is 45.5 Å². The van der Waals surface area contributed by atoms with Crippen LogP contribution in [0.4, 0.5) is 5.82 Å². The van der Waals surface area contributed by atoms with Crippen LogP contribution in [0.2, 0.25) is 5.28 Å². The van der Waals surface area contributed by atoms with Gasteiger partial charge in [-0.1, -0.05) is 24.3 Å². The van der Waals surface area contributed by atoms with Crippen molar-refractivity contribution in [1.82, 2.24) is 9.97 Å². The first-order chi connectivity index (χ1) is 12.7. The van der Waals surface area contributed by atoms with Crippen molar-refractivity contribution in [3.05, 3.63) is 60.2 Å². The number of aromatic nitrogens is 2. The Labute approximate surface area is 162 Å². The SMILES string of the molecule is C=CCN(CC=C)c1nc(Cl)nc2scc(-c3ccc(OCC)cc3)c12. The maximum absolute atomic E-state index is 6.17. The fourth-order valence-electron chi connectivity index (χ4n) is 2.80. The standard InChI is InChI=1S/C20H20ClN3OS/c1-4-11-24(12-5-2)18-17-16(13-26-19(17)23-20(21)22-18)14-7-9-15(10-8-14)25-6-3/h4-5,7-10,13H,1-2,6,11-12H2,3H3. The Morgan fingerprint density at radius 3 is 2.46 bits per heavy atom. The van der Waals surface area contributed by atoms with Crippen LogP contribution in [0.1, 0.15) is 6.92 Å². The smallest absolute Gasteiger partial charge is 0.225 e. The van der Waals surface area contributed by atoms with Crippen LogP contribution in [-0.4, -0.2) is 29.7 Å². The maximum atomic E-state index is 6.17. The number of thiophene rings is 1. The van der Waals surface area contributed by atoms with Gasteiger partial charge in [0.1, 0.15) is 16.4 Å². The highest BCUT2D eigenvalue weighted by molar-refractivity contribution is 7.17. The molecular weight excluding hydrogens is 366 g/mol. The van der Waals surface area contributed by atoms with Crippen LogP contribution in [0.5, 0.6) is 5.75 Å². The van der Waals surface area contributed by atoms with Gasteiger partial charge >= 0.3 is 0 Å². The fourth-order valence-corrected chi connectivity index (χ4v) is 3.95. The monoisotopic (exact) mass is 385 g/mol. The molecule has 6 heteroatoms. The highest BCUT2D eigenvalue weighted by atomic mass is 35.5. The first kappa shape index (κ1) is 18.4. The number of nitrogens with zero attached hydrogens (tertiary/aromatic N) is 3. The molecule has 4 nitrogen and oxygen atoms in total. The van der Waals surface area contributed by atoms with Gasteiger partial charge in [-0.15, -0.1) is 24.5 Å². The van der Waals surface area contributed by atoms with Gasteiger partial charge in [0.15, 0.2) is 0 Å². The summed E-state index contributed by atoms with van der Waals surface area (Å²) in [5, 5.41) is 3.33. The minimum Gasteiger partial charge on any atom is -0.494 e. The van der Waals surface area contributed by atoms with E-state index in [-0.39, 0.29) is 5.28 Å². The number of hydrogen-bond donors (Lipinski definition) is 0. The van der Waals surface area contributed by atoms with Crippen molar-refractivity contribution in [2.75, 3.05) is 24.6 Å². The van der Waals surface area contributed by atoms with E-state index in [9.17, 15) is 0 Å². The average Bonchev–Trinajstić information content (AvgIpc) is 3.05. The van der Waals surface area contributed by atoms with Gasteiger partial charge in [0.05, 0.1) is 12.0 Å². The molecule has 0 bridgehead atoms. The van der Waals surface area contributed by atoms with Gasteiger partial charge in [-0.05, 0) is 36.2 Å². The second-order valence-electron chi connectivity index (χ2n) is 5.59. The summed E-state index contributed by atoms with van der Waals surface area (Å²) in [6.45, 7) is 11.6. The summed E-state index contributed by atoms with van der Waals surface area (Å²) in [6, 6.07) is 8.06. The summed E-state index contributed by atoms with van der Waals surface area (Å²) < 4.78 is 5.54. The molecule has 0 aliphatic carbocycles. The molecule has 0 N–H and O–H groups in total. The molecular formula is C20H20ClN3OS. The second kappa shape index (κ2) is 8.34. The van der Waals surface area contributed by atoms with Crippen LogP contribution in [-0.2, 0) is 0 Å². The summed E-state index contributed by atoms with van der Waals surface area (Å²) in [5.41, 5.74) is 2.17. The third kappa shape index (κ3) is 3.74. The van der Waals surface area contributed by atoms with Gasteiger partial charge in [0.2, 0.25) is 5.28 Å². The molecule has 0 saturated carbocycles. The minimum absolute atomic E-state index is 0.241. The number of ether oxygens (including phenoxy) is 1. The van der Waals surface area contributed by atoms with Crippen LogP contribution in [0.15, 0.2) is 55.0 Å². The summed E-state index contributed by atoms with van der Waals surface area (Å²) in [7, 11) is 0. The van der Waals surface area contributed by atoms with E-state index in [4.69, 9.17) is 16.3 Å². The number of benzene rings is 1. The van der Waals surface area contributed by atoms with Crippen LogP contribution < -0.4 is 9.64 Å². The quantitative estimate of drug-likeness (QED) is 0.374. The molecule has 2 heterocycles. The molecule has 0 aliphatic rings. The molecule has 0 unspecified atom stereocenters. The summed E-state index contributed by atoms with van der Waals surface area (Å²) in [6.07, 6.45) is 3.68. The van der Waals surface area contributed by atoms with Crippen molar-refractivity contribution >= 4 is 39.0 Å². The zero-order valence-corrected chi connectivity index (χ0v) is 16.2. The lowest BCUT2D eigenvalue weighted by molar-refractivity contribution is 0.340. The van der Waals surface area contributed by atoms with Crippen molar-refractivity contribution in [3.8, 4) is 16.9 Å². The molecule has 2 aromatic heterocycles. The molecule has 3 rings (SSSR count). The van der Waals surface area contributed by atoms with Gasteiger partial charge in [0, 0.05) is 24.0 Å². The lowest BCUT2D eigenvalue weighted by Crippen LogP contribution is -2.24. The van der Waals surface area contributed by atoms with E-state index < -0.39 is 0 Å². The normalized spacial score (nSPS) is 10.7. The molecule has 0 spiro atoms. The molecule has 3 aromatic rings. The first-order valence-electron chi connectivity index (χ1n) is 8.32. The van der Waals surface area contributed by atoms with E-state index in [1.807, 2.05) is 31.2 Å². The van der Waals surface area contributed by atoms with E-state index in [0.717, 1.165) is 32.9 Å². The fraction of sp³-hybridized carbons (Fsp3) is 0.200. The number of hydrogen-bond acceptors (Lipinski definition) is 5. The Kier molecular flexibility index (Phi) is 5.91. The molecule has 0 radical (unpaired) electrons. The van der Waals surface area contributed by atoms with Gasteiger partial charge in [-0.2, -0.15) is 4.98 Å². The lowest BCUT2D eigenvalue weighted by Gasteiger charge is -2.22. The first-order valence-corrected chi connectivity index (χ1v) is 9.58. The molecule has 0 fully saturated rings. The molecule has 0 saturated heterocycles. The van der Waals surface area contributed by atoms with Crippen molar-refractivity contribution < 1.29 is 4.74 Å². The van der Waals surface area contributed by atoms with Gasteiger partial charge in [0.25, 0.3) is 0 Å². The summed E-state index contributed by atoms with van der Waals surface area (Å²) >= 11 is 7.73. The molecule has 0 amide bonds. The van der Waals surface area contributed by atoms with E-state index in [0.29, 0.717) is 19.7 Å². The number of rotatable bonds is 8. The van der Waals surface area contributed by atoms with Crippen molar-refractivity contribution in [3.63, 3.8) is 0 Å². The number of halogens is 1. The zero-order chi connectivity index (χ0) is 18.5. The van der Waals surface area contributed by atoms with Gasteiger partial charge < -0.3 is 9.64 Å². The molecule has 134 valence electrons. The Morgan fingerprint density at radius 1 is 1.15 bits per heavy atom. The van der Waals surface area contributed by atoms with E-state index in [1.54, 1.807) is 11.3 Å². The molecule has 26 heavy (non-hydrogen) atoms. The Hall–Kier alpha value is -2.37. The minimum atomic E-state index is 0.241. The average molecular weight is 386 g/mol. The number of anilines is 1. The predicted octanol–water partition coefficient (Wildman–Crippen LogP) is 5.59. The highest BCUT2D eigenvalue weighted by Gasteiger charge is 2.18. The summed E-state index contributed by atoms with van der Waals surface area (Å²) in [4.78, 5) is 11.9.